The number of carbonyl (C=O) groups is 2. The molecule has 2 amide bonds. The first-order valence-electron chi connectivity index (χ1n) is 12.9. The standard InChI is InChI=1S/C14H19NO6.C13H16INO6/c1-7-2-4-8(5-3-7)13(19)15-10-12(18)11(17)9(6-16)21-14(10)20;14-7-3-1-6(2-4-7)12(19)15-9-11(18)10(17)8(5-16)21-13(9)20/h2-5,9-12,14,16-18,20H,6H2,1H3,(H,15,19);1-4,8-11,13,16-18,20H,5H2,(H,15,19)/t9-,10-,11-,12-,14?;8-,9-,10-,11-,13?/m11/s1. The summed E-state index contributed by atoms with van der Waals surface area (Å²) in [6.45, 7) is 0.788. The van der Waals surface area contributed by atoms with Gasteiger partial charge in [0.1, 0.15) is 48.7 Å². The van der Waals surface area contributed by atoms with Crippen molar-refractivity contribution in [1.82, 2.24) is 10.6 Å². The van der Waals surface area contributed by atoms with Gasteiger partial charge < -0.3 is 61.0 Å². The quantitative estimate of drug-likeness (QED) is 0.139. The maximum absolute atomic E-state index is 12.1. The van der Waals surface area contributed by atoms with E-state index >= 15 is 0 Å². The first kappa shape index (κ1) is 34.2. The monoisotopic (exact) mass is 706 g/mol. The number of ether oxygens (including phenoxy) is 2. The van der Waals surface area contributed by atoms with E-state index in [0.717, 1.165) is 9.13 Å². The number of rotatable bonds is 6. The van der Waals surface area contributed by atoms with E-state index in [1.165, 1.54) is 0 Å². The Morgan fingerprint density at radius 2 is 1.02 bits per heavy atom. The lowest BCUT2D eigenvalue weighted by atomic mass is 9.96. The van der Waals surface area contributed by atoms with Gasteiger partial charge in [0.15, 0.2) is 12.6 Å². The molecule has 15 heteroatoms. The molecular weight excluding hydrogens is 671 g/mol. The molecule has 0 spiro atoms. The van der Waals surface area contributed by atoms with Crippen LogP contribution in [0, 0.1) is 10.5 Å². The molecule has 2 aromatic rings. The molecule has 2 aliphatic rings. The molecule has 10 atom stereocenters. The first-order chi connectivity index (χ1) is 19.9. The van der Waals surface area contributed by atoms with E-state index in [-0.39, 0.29) is 0 Å². The van der Waals surface area contributed by atoms with Crippen LogP contribution in [0.25, 0.3) is 0 Å². The summed E-state index contributed by atoms with van der Waals surface area (Å²) in [6, 6.07) is 11.1. The van der Waals surface area contributed by atoms with Crippen LogP contribution in [0.3, 0.4) is 0 Å². The van der Waals surface area contributed by atoms with Crippen molar-refractivity contribution in [3.8, 4) is 0 Å². The van der Waals surface area contributed by atoms with Gasteiger partial charge in [-0.15, -0.1) is 0 Å². The Hall–Kier alpha value is -2.29. The molecule has 232 valence electrons. The summed E-state index contributed by atoms with van der Waals surface area (Å²) >= 11 is 2.10. The molecule has 2 aromatic carbocycles. The molecule has 0 aromatic heterocycles. The minimum absolute atomic E-state index is 0.355. The van der Waals surface area contributed by atoms with Crippen LogP contribution >= 0.6 is 22.6 Å². The Kier molecular flexibility index (Phi) is 12.6. The van der Waals surface area contributed by atoms with Crippen LogP contribution in [-0.4, -0.2) is 127 Å². The van der Waals surface area contributed by atoms with Crippen LogP contribution in [0.4, 0.5) is 0 Å². The number of hydrogen-bond donors (Lipinski definition) is 10. The maximum atomic E-state index is 12.1. The molecule has 0 radical (unpaired) electrons. The summed E-state index contributed by atoms with van der Waals surface area (Å²) in [4.78, 5) is 24.1. The van der Waals surface area contributed by atoms with Crippen LogP contribution in [0.5, 0.6) is 0 Å². The van der Waals surface area contributed by atoms with E-state index in [1.807, 2.05) is 6.92 Å². The Morgan fingerprint density at radius 3 is 1.38 bits per heavy atom. The van der Waals surface area contributed by atoms with Gasteiger partial charge in [-0.05, 0) is 65.9 Å². The fourth-order valence-corrected chi connectivity index (χ4v) is 4.64. The van der Waals surface area contributed by atoms with Crippen LogP contribution in [0.15, 0.2) is 48.5 Å². The highest BCUT2D eigenvalue weighted by Crippen LogP contribution is 2.21. The van der Waals surface area contributed by atoms with Crippen LogP contribution in [-0.2, 0) is 9.47 Å². The lowest BCUT2D eigenvalue weighted by molar-refractivity contribution is -0.252. The van der Waals surface area contributed by atoms with E-state index in [9.17, 15) is 40.2 Å². The first-order valence-corrected chi connectivity index (χ1v) is 14.0. The predicted molar refractivity (Wildman–Crippen MR) is 153 cm³/mol. The van der Waals surface area contributed by atoms with Crippen molar-refractivity contribution in [2.75, 3.05) is 13.2 Å². The minimum Gasteiger partial charge on any atom is -0.394 e. The average molecular weight is 706 g/mol. The molecule has 2 aliphatic heterocycles. The van der Waals surface area contributed by atoms with Gasteiger partial charge in [0.2, 0.25) is 0 Å². The van der Waals surface area contributed by atoms with Gasteiger partial charge in [-0.2, -0.15) is 0 Å². The number of carbonyl (C=O) groups excluding carboxylic acids is 2. The summed E-state index contributed by atoms with van der Waals surface area (Å²) in [5.41, 5.74) is 1.71. The fraction of sp³-hybridized carbons (Fsp3) is 0.481. The van der Waals surface area contributed by atoms with Crippen molar-refractivity contribution in [3.05, 3.63) is 68.8 Å². The molecule has 4 rings (SSSR count). The second-order valence-corrected chi connectivity index (χ2v) is 11.1. The Labute approximate surface area is 254 Å². The molecule has 2 heterocycles. The van der Waals surface area contributed by atoms with Gasteiger partial charge in [0.05, 0.1) is 13.2 Å². The Bertz CT molecular complexity index is 1080. The number of hydrogen-bond acceptors (Lipinski definition) is 12. The third-order valence-electron chi connectivity index (χ3n) is 6.82. The number of aryl methyl sites for hydroxylation is 1. The highest BCUT2D eigenvalue weighted by Gasteiger charge is 2.45. The van der Waals surface area contributed by atoms with Crippen LogP contribution in [0.1, 0.15) is 26.3 Å². The van der Waals surface area contributed by atoms with E-state index in [1.54, 1.807) is 48.5 Å². The predicted octanol–water partition coefficient (Wildman–Crippen LogP) is -2.65. The Balaban J connectivity index is 0.000000230. The highest BCUT2D eigenvalue weighted by atomic mass is 127. The van der Waals surface area contributed by atoms with Crippen molar-refractivity contribution in [2.45, 2.75) is 68.2 Å². The van der Waals surface area contributed by atoms with Crippen LogP contribution in [0.2, 0.25) is 0 Å². The molecule has 2 saturated heterocycles. The zero-order valence-corrected chi connectivity index (χ0v) is 24.6. The van der Waals surface area contributed by atoms with Crippen molar-refractivity contribution < 1.29 is 59.9 Å². The van der Waals surface area contributed by atoms with E-state index in [0.29, 0.717) is 11.1 Å². The molecule has 14 nitrogen and oxygen atoms in total. The number of aliphatic hydroxyl groups excluding tert-OH is 8. The largest absolute Gasteiger partial charge is 0.394 e. The third kappa shape index (κ3) is 8.42. The number of halogens is 1. The topological polar surface area (TPSA) is 238 Å². The second kappa shape index (κ2) is 15.4. The minimum atomic E-state index is -1.52. The maximum Gasteiger partial charge on any atom is 0.251 e. The lowest BCUT2D eigenvalue weighted by Gasteiger charge is -2.40. The number of aliphatic hydroxyl groups is 8. The summed E-state index contributed by atoms with van der Waals surface area (Å²) in [7, 11) is 0. The molecular formula is C27H35IN2O12. The number of benzene rings is 2. The molecule has 0 bridgehead atoms. The zero-order chi connectivity index (χ0) is 31.1. The molecule has 2 unspecified atom stereocenters. The molecule has 42 heavy (non-hydrogen) atoms. The fourth-order valence-electron chi connectivity index (χ4n) is 4.28. The molecule has 2 fully saturated rings. The van der Waals surface area contributed by atoms with Crippen molar-refractivity contribution in [3.63, 3.8) is 0 Å². The van der Waals surface area contributed by atoms with Gasteiger partial charge in [-0.1, -0.05) is 17.7 Å². The van der Waals surface area contributed by atoms with Crippen molar-refractivity contribution >= 4 is 34.4 Å². The molecule has 10 N–H and O–H groups in total. The van der Waals surface area contributed by atoms with Gasteiger partial charge >= 0.3 is 0 Å². The normalized spacial score (nSPS) is 32.7. The second-order valence-electron chi connectivity index (χ2n) is 9.83. The SMILES string of the molecule is Cc1ccc(C(=O)N[C@H]2C(O)O[C@H](CO)[C@@H](O)[C@@H]2O)cc1.O=C(N[C@H]1C(O)O[C@H](CO)[C@@H](O)[C@@H]1O)c1ccc(I)cc1. The number of amides is 2. The van der Waals surface area contributed by atoms with E-state index in [2.05, 4.69) is 33.2 Å². The molecule has 0 saturated carbocycles. The van der Waals surface area contributed by atoms with Gasteiger partial charge in [0.25, 0.3) is 11.8 Å². The van der Waals surface area contributed by atoms with Crippen LogP contribution < -0.4 is 10.6 Å². The van der Waals surface area contributed by atoms with Gasteiger partial charge in [-0.3, -0.25) is 9.59 Å². The number of nitrogens with one attached hydrogen (secondary N) is 2. The van der Waals surface area contributed by atoms with Gasteiger partial charge in [-0.25, -0.2) is 0 Å². The highest BCUT2D eigenvalue weighted by molar-refractivity contribution is 14.1. The van der Waals surface area contributed by atoms with Crippen molar-refractivity contribution in [1.29, 1.82) is 0 Å². The van der Waals surface area contributed by atoms with Crippen molar-refractivity contribution in [2.24, 2.45) is 0 Å². The molecule has 0 aliphatic carbocycles. The van der Waals surface area contributed by atoms with Gasteiger partial charge in [0, 0.05) is 14.7 Å². The summed E-state index contributed by atoms with van der Waals surface area (Å²) in [5, 5.41) is 81.7. The smallest absolute Gasteiger partial charge is 0.251 e. The zero-order valence-electron chi connectivity index (χ0n) is 22.4. The Morgan fingerprint density at radius 1 is 0.667 bits per heavy atom. The van der Waals surface area contributed by atoms with E-state index < -0.39 is 86.3 Å². The third-order valence-corrected chi connectivity index (χ3v) is 7.54. The summed E-state index contributed by atoms with van der Waals surface area (Å²) in [6.07, 6.45) is -10.9. The van der Waals surface area contributed by atoms with E-state index in [4.69, 9.17) is 19.7 Å². The lowest BCUT2D eigenvalue weighted by Crippen LogP contribution is -2.64. The summed E-state index contributed by atoms with van der Waals surface area (Å²) < 4.78 is 10.9. The average Bonchev–Trinajstić information content (AvgIpc) is 2.98. The summed E-state index contributed by atoms with van der Waals surface area (Å²) in [5.74, 6) is -1.01.